The van der Waals surface area contributed by atoms with E-state index in [2.05, 4.69) is 28.9 Å². The number of pyridine rings is 1. The number of aliphatic imine (C=N–C) groups is 1. The molecule has 2 aromatic rings. The third kappa shape index (κ3) is 3.38. The van der Waals surface area contributed by atoms with E-state index in [1.54, 1.807) is 18.6 Å². The average molecular weight is 326 g/mol. The van der Waals surface area contributed by atoms with Crippen LogP contribution in [0.3, 0.4) is 0 Å². The van der Waals surface area contributed by atoms with Crippen LogP contribution >= 0.6 is 0 Å². The summed E-state index contributed by atoms with van der Waals surface area (Å²) in [6, 6.07) is 5.81. The van der Waals surface area contributed by atoms with Crippen molar-refractivity contribution in [3.05, 3.63) is 48.0 Å². The van der Waals surface area contributed by atoms with Crippen molar-refractivity contribution in [1.82, 2.24) is 14.8 Å². The molecule has 0 fully saturated rings. The van der Waals surface area contributed by atoms with Crippen LogP contribution in [0.2, 0.25) is 0 Å². The Labute approximate surface area is 141 Å². The van der Waals surface area contributed by atoms with E-state index >= 15 is 0 Å². The van der Waals surface area contributed by atoms with E-state index in [4.69, 9.17) is 4.74 Å². The van der Waals surface area contributed by atoms with Crippen LogP contribution in [0, 0.1) is 0 Å². The van der Waals surface area contributed by atoms with Gasteiger partial charge < -0.3 is 9.84 Å². The Hall–Kier alpha value is -2.47. The van der Waals surface area contributed by atoms with Crippen LogP contribution in [-0.2, 0) is 11.3 Å². The lowest BCUT2D eigenvalue weighted by atomic mass is 10.1. The highest BCUT2D eigenvalue weighted by Gasteiger charge is 2.18. The number of hydrogen-bond acceptors (Lipinski definition) is 5. The molecule has 1 aliphatic rings. The first-order valence-corrected chi connectivity index (χ1v) is 8.13. The summed E-state index contributed by atoms with van der Waals surface area (Å²) in [5.41, 5.74) is 2.81. The molecule has 6 nitrogen and oxygen atoms in total. The lowest BCUT2D eigenvalue weighted by Gasteiger charge is -2.19. The van der Waals surface area contributed by atoms with Crippen LogP contribution in [0.5, 0.6) is 0 Å². The number of aliphatic hydroxyl groups excluding tert-OH is 1. The molecule has 6 heteroatoms. The Bertz CT molecular complexity index is 749. The summed E-state index contributed by atoms with van der Waals surface area (Å²) < 4.78 is 7.88. The molecule has 0 radical (unpaired) electrons. The predicted molar refractivity (Wildman–Crippen MR) is 92.7 cm³/mol. The first-order chi connectivity index (χ1) is 11.7. The Balaban J connectivity index is 1.82. The van der Waals surface area contributed by atoms with Crippen molar-refractivity contribution in [3.8, 4) is 11.4 Å². The molecular weight excluding hydrogens is 304 g/mol. The number of allylic oxidation sites excluding steroid dienone is 1. The van der Waals surface area contributed by atoms with E-state index in [0.29, 0.717) is 12.4 Å². The second-order valence-corrected chi connectivity index (χ2v) is 5.93. The third-order valence-electron chi connectivity index (χ3n) is 3.90. The fourth-order valence-electron chi connectivity index (χ4n) is 2.72. The van der Waals surface area contributed by atoms with E-state index in [-0.39, 0.29) is 18.7 Å². The quantitative estimate of drug-likeness (QED) is 0.886. The van der Waals surface area contributed by atoms with Crippen LogP contribution in [0.4, 0.5) is 0 Å². The number of rotatable bonds is 6. The standard InChI is InChI=1S/C18H22N4O2/c1-13(2)22-16(7-10-21-22)18-14(5-3-9-20-18)12-24-17-6-4-8-19-15(17)11-23/h3,5-10,13,15,23H,4,11-12H2,1-2H3. The second kappa shape index (κ2) is 7.40. The zero-order valence-electron chi connectivity index (χ0n) is 14.0. The van der Waals surface area contributed by atoms with E-state index in [1.165, 1.54) is 0 Å². The number of ether oxygens (including phenoxy) is 1. The molecule has 0 aliphatic carbocycles. The molecule has 0 amide bonds. The molecule has 1 unspecified atom stereocenters. The van der Waals surface area contributed by atoms with Crippen molar-refractivity contribution in [2.45, 2.75) is 39.0 Å². The number of dihydropyridines is 1. The summed E-state index contributed by atoms with van der Waals surface area (Å²) in [5, 5.41) is 13.8. The normalized spacial score (nSPS) is 17.2. The minimum atomic E-state index is -0.305. The molecule has 24 heavy (non-hydrogen) atoms. The number of hydrogen-bond donors (Lipinski definition) is 1. The molecular formula is C18H22N4O2. The fraction of sp³-hybridized carbons (Fsp3) is 0.389. The molecule has 0 spiro atoms. The SMILES string of the molecule is CC(C)n1nccc1-c1ncccc1COC1=CCC=NC1CO. The first kappa shape index (κ1) is 16.4. The largest absolute Gasteiger partial charge is 0.491 e. The fourth-order valence-corrected chi connectivity index (χ4v) is 2.72. The smallest absolute Gasteiger partial charge is 0.129 e. The summed E-state index contributed by atoms with van der Waals surface area (Å²) in [5.74, 6) is 0.715. The maximum atomic E-state index is 9.40. The average Bonchev–Trinajstić information content (AvgIpc) is 3.10. The molecule has 0 aromatic carbocycles. The summed E-state index contributed by atoms with van der Waals surface area (Å²) in [4.78, 5) is 8.78. The molecule has 3 rings (SSSR count). The summed E-state index contributed by atoms with van der Waals surface area (Å²) >= 11 is 0. The predicted octanol–water partition coefficient (Wildman–Crippen LogP) is 2.76. The molecule has 1 aliphatic heterocycles. The van der Waals surface area contributed by atoms with Gasteiger partial charge in [0, 0.05) is 36.6 Å². The van der Waals surface area contributed by atoms with Gasteiger partial charge in [0.05, 0.1) is 18.0 Å². The van der Waals surface area contributed by atoms with Crippen molar-refractivity contribution in [1.29, 1.82) is 0 Å². The highest BCUT2D eigenvalue weighted by atomic mass is 16.5. The molecule has 3 heterocycles. The van der Waals surface area contributed by atoms with Gasteiger partial charge in [0.25, 0.3) is 0 Å². The molecule has 1 N–H and O–H groups in total. The molecule has 0 bridgehead atoms. The Kier molecular flexibility index (Phi) is 5.05. The van der Waals surface area contributed by atoms with Gasteiger partial charge in [0.2, 0.25) is 0 Å². The van der Waals surface area contributed by atoms with Crippen LogP contribution in [-0.4, -0.2) is 38.7 Å². The number of aliphatic hydroxyl groups is 1. The van der Waals surface area contributed by atoms with Crippen LogP contribution in [0.15, 0.2) is 47.4 Å². The number of aromatic nitrogens is 3. The minimum absolute atomic E-state index is 0.0532. The molecule has 0 saturated carbocycles. The zero-order chi connectivity index (χ0) is 16.9. The van der Waals surface area contributed by atoms with Crippen molar-refractivity contribution < 1.29 is 9.84 Å². The van der Waals surface area contributed by atoms with Gasteiger partial charge in [0.15, 0.2) is 0 Å². The zero-order valence-corrected chi connectivity index (χ0v) is 14.0. The maximum absolute atomic E-state index is 9.40. The lowest BCUT2D eigenvalue weighted by Crippen LogP contribution is -2.19. The summed E-state index contributed by atoms with van der Waals surface area (Å²) in [7, 11) is 0. The highest BCUT2D eigenvalue weighted by molar-refractivity contribution is 5.62. The van der Waals surface area contributed by atoms with Gasteiger partial charge in [-0.1, -0.05) is 6.07 Å². The second-order valence-electron chi connectivity index (χ2n) is 5.93. The highest BCUT2D eigenvalue weighted by Crippen LogP contribution is 2.25. The van der Waals surface area contributed by atoms with Gasteiger partial charge in [-0.05, 0) is 32.1 Å². The van der Waals surface area contributed by atoms with Gasteiger partial charge in [-0.25, -0.2) is 0 Å². The number of nitrogens with zero attached hydrogens (tertiary/aromatic N) is 4. The molecule has 2 aromatic heterocycles. The van der Waals surface area contributed by atoms with Gasteiger partial charge in [-0.3, -0.25) is 14.7 Å². The molecule has 126 valence electrons. The monoisotopic (exact) mass is 326 g/mol. The lowest BCUT2D eigenvalue weighted by molar-refractivity contribution is 0.156. The topological polar surface area (TPSA) is 72.5 Å². The molecule has 0 saturated heterocycles. The van der Waals surface area contributed by atoms with Crippen molar-refractivity contribution in [2.24, 2.45) is 4.99 Å². The first-order valence-electron chi connectivity index (χ1n) is 8.13. The summed E-state index contributed by atoms with van der Waals surface area (Å²) in [6.07, 6.45) is 8.05. The van der Waals surface area contributed by atoms with Gasteiger partial charge >= 0.3 is 0 Å². The van der Waals surface area contributed by atoms with Gasteiger partial charge in [-0.15, -0.1) is 0 Å². The van der Waals surface area contributed by atoms with E-state index in [0.717, 1.165) is 23.4 Å². The minimum Gasteiger partial charge on any atom is -0.491 e. The van der Waals surface area contributed by atoms with Crippen LogP contribution < -0.4 is 0 Å². The molecule has 1 atom stereocenters. The summed E-state index contributed by atoms with van der Waals surface area (Å²) in [6.45, 7) is 4.51. The van der Waals surface area contributed by atoms with Gasteiger partial charge in [0.1, 0.15) is 18.4 Å². The van der Waals surface area contributed by atoms with E-state index in [1.807, 2.05) is 29.0 Å². The van der Waals surface area contributed by atoms with Crippen molar-refractivity contribution in [3.63, 3.8) is 0 Å². The Morgan fingerprint density at radius 3 is 3.00 bits per heavy atom. The maximum Gasteiger partial charge on any atom is 0.129 e. The van der Waals surface area contributed by atoms with Crippen molar-refractivity contribution >= 4 is 6.21 Å². The van der Waals surface area contributed by atoms with Crippen LogP contribution in [0.1, 0.15) is 31.9 Å². The third-order valence-corrected chi connectivity index (χ3v) is 3.90. The Morgan fingerprint density at radius 1 is 1.33 bits per heavy atom. The van der Waals surface area contributed by atoms with E-state index in [9.17, 15) is 5.11 Å². The van der Waals surface area contributed by atoms with Crippen molar-refractivity contribution in [2.75, 3.05) is 6.61 Å². The van der Waals surface area contributed by atoms with E-state index < -0.39 is 0 Å². The van der Waals surface area contributed by atoms with Gasteiger partial charge in [-0.2, -0.15) is 5.10 Å². The van der Waals surface area contributed by atoms with Crippen LogP contribution in [0.25, 0.3) is 11.4 Å². The Morgan fingerprint density at radius 2 is 2.21 bits per heavy atom.